The molecule has 0 aliphatic carbocycles. The van der Waals surface area contributed by atoms with E-state index in [4.69, 9.17) is 0 Å². The van der Waals surface area contributed by atoms with Crippen LogP contribution in [0.5, 0.6) is 5.75 Å². The van der Waals surface area contributed by atoms with Crippen molar-refractivity contribution < 1.29 is 27.5 Å². The quantitative estimate of drug-likeness (QED) is 0.457. The second-order valence-corrected chi connectivity index (χ2v) is 7.82. The molecule has 0 saturated heterocycles. The van der Waals surface area contributed by atoms with Crippen molar-refractivity contribution in [3.63, 3.8) is 0 Å². The number of nitrogens with zero attached hydrogens (tertiary/aromatic N) is 3. The third-order valence-electron chi connectivity index (χ3n) is 4.19. The van der Waals surface area contributed by atoms with Crippen molar-refractivity contribution in [3.8, 4) is 5.75 Å². The van der Waals surface area contributed by atoms with Gasteiger partial charge in [-0.1, -0.05) is 30.0 Å². The maximum absolute atomic E-state index is 12.5. The number of aryl methyl sites for hydroxylation is 1. The number of alkyl halides is 3. The molecule has 8 nitrogen and oxygen atoms in total. The summed E-state index contributed by atoms with van der Waals surface area (Å²) in [6.07, 6.45) is -2.87. The van der Waals surface area contributed by atoms with E-state index in [-0.39, 0.29) is 29.9 Å². The number of hydrogen-bond donors (Lipinski definition) is 2. The Morgan fingerprint density at radius 2 is 1.91 bits per heavy atom. The fourth-order valence-electron chi connectivity index (χ4n) is 2.62. The zero-order valence-electron chi connectivity index (χ0n) is 17.4. The van der Waals surface area contributed by atoms with E-state index < -0.39 is 12.8 Å². The summed E-state index contributed by atoms with van der Waals surface area (Å²) in [5, 5.41) is 13.7. The maximum atomic E-state index is 12.5. The molecule has 0 atom stereocenters. The molecule has 0 aliphatic rings. The van der Waals surface area contributed by atoms with Crippen LogP contribution < -0.4 is 15.4 Å². The van der Waals surface area contributed by atoms with E-state index >= 15 is 0 Å². The van der Waals surface area contributed by atoms with E-state index in [1.165, 1.54) is 23.9 Å². The van der Waals surface area contributed by atoms with Crippen LogP contribution in [0.15, 0.2) is 60.0 Å². The Balaban J connectivity index is 1.49. The average Bonchev–Trinajstić information content (AvgIpc) is 3.19. The van der Waals surface area contributed by atoms with Crippen molar-refractivity contribution in [1.82, 2.24) is 20.1 Å². The van der Waals surface area contributed by atoms with Gasteiger partial charge in [0.1, 0.15) is 12.1 Å². The second-order valence-electron chi connectivity index (χ2n) is 6.87. The molecule has 0 bridgehead atoms. The summed E-state index contributed by atoms with van der Waals surface area (Å²) in [7, 11) is 1.78. The van der Waals surface area contributed by atoms with Crippen LogP contribution >= 0.6 is 11.8 Å². The number of carbonyl (C=O) groups excluding carboxylic acids is 2. The van der Waals surface area contributed by atoms with Gasteiger partial charge >= 0.3 is 6.18 Å². The number of ether oxygens (including phenoxy) is 1. The molecule has 3 rings (SSSR count). The van der Waals surface area contributed by atoms with Crippen molar-refractivity contribution in [1.29, 1.82) is 0 Å². The largest absolute Gasteiger partial charge is 0.484 e. The van der Waals surface area contributed by atoms with E-state index in [0.717, 1.165) is 0 Å². The highest BCUT2D eigenvalue weighted by Gasteiger charge is 2.28. The van der Waals surface area contributed by atoms with Crippen LogP contribution in [0.3, 0.4) is 0 Å². The molecule has 0 spiro atoms. The van der Waals surface area contributed by atoms with E-state index in [9.17, 15) is 22.8 Å². The Kier molecular flexibility index (Phi) is 7.93. The number of thioether (sulfide) groups is 1. The topological polar surface area (TPSA) is 98.1 Å². The Morgan fingerprint density at radius 1 is 1.15 bits per heavy atom. The molecular formula is C21H20F3N5O3S. The normalized spacial score (nSPS) is 11.2. The standard InChI is InChI=1S/C21H20F3N5O3S/c1-29-13-26-28-20(29)33-11-18(30)27-16-4-2-3-15(9-16)19(31)25-10-14-5-7-17(8-6-14)32-12-21(22,23)24/h2-9,13H,10-12H2,1H3,(H,25,31)(H,27,30). The van der Waals surface area contributed by atoms with Crippen LogP contribution in [0.2, 0.25) is 0 Å². The lowest BCUT2D eigenvalue weighted by Crippen LogP contribution is -2.23. The van der Waals surface area contributed by atoms with Crippen LogP contribution in [0.1, 0.15) is 15.9 Å². The van der Waals surface area contributed by atoms with Gasteiger partial charge in [0.15, 0.2) is 11.8 Å². The molecule has 12 heteroatoms. The summed E-state index contributed by atoms with van der Waals surface area (Å²) >= 11 is 1.24. The van der Waals surface area contributed by atoms with Gasteiger partial charge in [0.05, 0.1) is 5.75 Å². The average molecular weight is 479 g/mol. The molecule has 0 radical (unpaired) electrons. The summed E-state index contributed by atoms with van der Waals surface area (Å²) < 4.78 is 42.9. The van der Waals surface area contributed by atoms with Gasteiger partial charge in [-0.05, 0) is 35.9 Å². The fraction of sp³-hybridized carbons (Fsp3) is 0.238. The summed E-state index contributed by atoms with van der Waals surface area (Å²) in [4.78, 5) is 24.6. The Morgan fingerprint density at radius 3 is 2.58 bits per heavy atom. The predicted molar refractivity (Wildman–Crippen MR) is 116 cm³/mol. The van der Waals surface area contributed by atoms with E-state index in [2.05, 4.69) is 25.6 Å². The molecule has 2 amide bonds. The molecule has 0 aliphatic heterocycles. The number of benzene rings is 2. The van der Waals surface area contributed by atoms with Crippen LogP contribution in [-0.4, -0.2) is 45.1 Å². The van der Waals surface area contributed by atoms with E-state index in [1.807, 2.05) is 0 Å². The number of rotatable bonds is 9. The van der Waals surface area contributed by atoms with Crippen molar-refractivity contribution in [3.05, 3.63) is 66.0 Å². The van der Waals surface area contributed by atoms with Crippen LogP contribution in [0.25, 0.3) is 0 Å². The van der Waals surface area contributed by atoms with Gasteiger partial charge in [-0.25, -0.2) is 0 Å². The zero-order chi connectivity index (χ0) is 23.8. The van der Waals surface area contributed by atoms with Gasteiger partial charge in [0.25, 0.3) is 5.91 Å². The maximum Gasteiger partial charge on any atom is 0.422 e. The predicted octanol–water partition coefficient (Wildman–Crippen LogP) is 3.42. The summed E-state index contributed by atoms with van der Waals surface area (Å²) in [6.45, 7) is -1.20. The van der Waals surface area contributed by atoms with Gasteiger partial charge in [-0.2, -0.15) is 13.2 Å². The lowest BCUT2D eigenvalue weighted by Gasteiger charge is -2.10. The molecule has 174 valence electrons. The Bertz CT molecular complexity index is 1100. The van der Waals surface area contributed by atoms with Gasteiger partial charge in [-0.15, -0.1) is 10.2 Å². The molecule has 0 unspecified atom stereocenters. The summed E-state index contributed by atoms with van der Waals surface area (Å²) in [5.41, 5.74) is 1.50. The first-order chi connectivity index (χ1) is 15.7. The third-order valence-corrected chi connectivity index (χ3v) is 5.22. The number of aromatic nitrogens is 3. The zero-order valence-corrected chi connectivity index (χ0v) is 18.2. The van der Waals surface area contributed by atoms with Gasteiger partial charge < -0.3 is 19.9 Å². The van der Waals surface area contributed by atoms with Gasteiger partial charge in [-0.3, -0.25) is 9.59 Å². The smallest absolute Gasteiger partial charge is 0.422 e. The number of anilines is 1. The molecule has 0 saturated carbocycles. The highest BCUT2D eigenvalue weighted by Crippen LogP contribution is 2.19. The molecule has 1 aromatic heterocycles. The van der Waals surface area contributed by atoms with Crippen LogP contribution in [0, 0.1) is 0 Å². The molecule has 2 aromatic carbocycles. The molecular weight excluding hydrogens is 459 g/mol. The molecule has 2 N–H and O–H groups in total. The Hall–Kier alpha value is -3.54. The minimum absolute atomic E-state index is 0.0863. The van der Waals surface area contributed by atoms with E-state index in [0.29, 0.717) is 22.0 Å². The van der Waals surface area contributed by atoms with Crippen molar-refractivity contribution in [2.24, 2.45) is 7.05 Å². The summed E-state index contributed by atoms with van der Waals surface area (Å²) in [6, 6.07) is 12.4. The van der Waals surface area contributed by atoms with E-state index in [1.54, 1.807) is 54.3 Å². The van der Waals surface area contributed by atoms with Crippen LogP contribution in [-0.2, 0) is 18.4 Å². The van der Waals surface area contributed by atoms with Crippen LogP contribution in [0.4, 0.5) is 18.9 Å². The number of carbonyl (C=O) groups is 2. The van der Waals surface area contributed by atoms with Crippen molar-refractivity contribution in [2.75, 3.05) is 17.7 Å². The van der Waals surface area contributed by atoms with Crippen molar-refractivity contribution >= 4 is 29.3 Å². The molecule has 1 heterocycles. The second kappa shape index (κ2) is 10.9. The first kappa shape index (κ1) is 24.1. The molecule has 33 heavy (non-hydrogen) atoms. The number of nitrogens with one attached hydrogen (secondary N) is 2. The minimum atomic E-state index is -4.41. The minimum Gasteiger partial charge on any atom is -0.484 e. The lowest BCUT2D eigenvalue weighted by atomic mass is 10.1. The highest BCUT2D eigenvalue weighted by atomic mass is 32.2. The summed E-state index contributed by atoms with van der Waals surface area (Å²) in [5.74, 6) is -0.403. The SMILES string of the molecule is Cn1cnnc1SCC(=O)Nc1cccc(C(=O)NCc2ccc(OCC(F)(F)F)cc2)c1. The highest BCUT2D eigenvalue weighted by molar-refractivity contribution is 7.99. The first-order valence-corrected chi connectivity index (χ1v) is 10.6. The third kappa shape index (κ3) is 7.83. The first-order valence-electron chi connectivity index (χ1n) is 9.63. The number of halogens is 3. The number of hydrogen-bond acceptors (Lipinski definition) is 6. The Labute approximate surface area is 191 Å². The van der Waals surface area contributed by atoms with Crippen molar-refractivity contribution in [2.45, 2.75) is 17.9 Å². The van der Waals surface area contributed by atoms with Gasteiger partial charge in [0.2, 0.25) is 5.91 Å². The number of amides is 2. The monoisotopic (exact) mass is 479 g/mol. The lowest BCUT2D eigenvalue weighted by molar-refractivity contribution is -0.153. The van der Waals surface area contributed by atoms with Gasteiger partial charge in [0, 0.05) is 24.8 Å². The molecule has 0 fully saturated rings. The molecule has 3 aromatic rings. The fourth-order valence-corrected chi connectivity index (χ4v) is 3.31.